The van der Waals surface area contributed by atoms with E-state index in [-0.39, 0.29) is 30.3 Å². The lowest BCUT2D eigenvalue weighted by Crippen LogP contribution is -2.47. The predicted octanol–water partition coefficient (Wildman–Crippen LogP) is 1.82. The Balaban J connectivity index is 0.00000225. The molecule has 2 heterocycles. The van der Waals surface area contributed by atoms with Crippen molar-refractivity contribution in [3.05, 3.63) is 24.3 Å². The van der Waals surface area contributed by atoms with Crippen molar-refractivity contribution in [2.75, 3.05) is 31.6 Å². The van der Waals surface area contributed by atoms with Crippen molar-refractivity contribution < 1.29 is 14.3 Å². The van der Waals surface area contributed by atoms with Gasteiger partial charge in [-0.15, -0.1) is 12.4 Å². The van der Waals surface area contributed by atoms with Crippen molar-refractivity contribution in [2.24, 2.45) is 0 Å². The molecule has 7 heteroatoms. The number of anilines is 1. The second-order valence-corrected chi connectivity index (χ2v) is 6.41. The molecule has 25 heavy (non-hydrogen) atoms. The van der Waals surface area contributed by atoms with Gasteiger partial charge < -0.3 is 19.9 Å². The van der Waals surface area contributed by atoms with E-state index in [4.69, 9.17) is 4.74 Å². The molecule has 0 aromatic heterocycles. The quantitative estimate of drug-likeness (QED) is 0.862. The number of ether oxygens (including phenoxy) is 1. The van der Waals surface area contributed by atoms with Gasteiger partial charge in [0, 0.05) is 32.1 Å². The Hall–Kier alpha value is -1.79. The van der Waals surface area contributed by atoms with Gasteiger partial charge in [-0.1, -0.05) is 12.1 Å². The molecular formula is C18H26ClN3O3. The molecule has 1 aromatic rings. The van der Waals surface area contributed by atoms with Crippen molar-refractivity contribution in [2.45, 2.75) is 38.3 Å². The van der Waals surface area contributed by atoms with E-state index >= 15 is 0 Å². The highest BCUT2D eigenvalue weighted by atomic mass is 35.5. The summed E-state index contributed by atoms with van der Waals surface area (Å²) in [5.74, 6) is 0.734. The molecule has 2 aliphatic heterocycles. The average molecular weight is 368 g/mol. The van der Waals surface area contributed by atoms with E-state index in [1.54, 1.807) is 11.8 Å². The molecule has 138 valence electrons. The Morgan fingerprint density at radius 2 is 2.12 bits per heavy atom. The van der Waals surface area contributed by atoms with Crippen molar-refractivity contribution in [1.82, 2.24) is 10.2 Å². The Labute approximate surface area is 154 Å². The van der Waals surface area contributed by atoms with Crippen molar-refractivity contribution in [3.8, 4) is 5.75 Å². The predicted molar refractivity (Wildman–Crippen MR) is 99.4 cm³/mol. The first-order chi connectivity index (χ1) is 11.6. The molecule has 2 atom stereocenters. The Bertz CT molecular complexity index is 625. The molecular weight excluding hydrogens is 342 g/mol. The molecule has 6 nitrogen and oxygen atoms in total. The molecule has 0 saturated carbocycles. The number of halogens is 1. The zero-order valence-electron chi connectivity index (χ0n) is 14.7. The van der Waals surface area contributed by atoms with Crippen molar-refractivity contribution in [1.29, 1.82) is 0 Å². The Morgan fingerprint density at radius 1 is 1.36 bits per heavy atom. The van der Waals surface area contributed by atoms with Crippen LogP contribution in [-0.4, -0.2) is 55.5 Å². The minimum absolute atomic E-state index is 0. The number of rotatable bonds is 5. The van der Waals surface area contributed by atoms with Crippen LogP contribution in [0.3, 0.4) is 0 Å². The van der Waals surface area contributed by atoms with Crippen LogP contribution in [-0.2, 0) is 9.59 Å². The van der Waals surface area contributed by atoms with Gasteiger partial charge in [-0.05, 0) is 38.9 Å². The highest BCUT2D eigenvalue weighted by molar-refractivity contribution is 6.00. The van der Waals surface area contributed by atoms with E-state index in [0.29, 0.717) is 18.7 Å². The number of nitrogens with one attached hydrogen (secondary N) is 1. The van der Waals surface area contributed by atoms with Gasteiger partial charge in [0.15, 0.2) is 6.10 Å². The van der Waals surface area contributed by atoms with Gasteiger partial charge in [-0.3, -0.25) is 9.59 Å². The van der Waals surface area contributed by atoms with Gasteiger partial charge in [0.1, 0.15) is 5.75 Å². The van der Waals surface area contributed by atoms with Gasteiger partial charge in [0.05, 0.1) is 5.69 Å². The molecule has 0 aliphatic carbocycles. The van der Waals surface area contributed by atoms with E-state index < -0.39 is 6.10 Å². The fourth-order valence-corrected chi connectivity index (χ4v) is 3.55. The molecule has 0 spiro atoms. The second kappa shape index (κ2) is 8.54. The van der Waals surface area contributed by atoms with Gasteiger partial charge in [0.2, 0.25) is 5.91 Å². The van der Waals surface area contributed by atoms with E-state index in [9.17, 15) is 9.59 Å². The molecule has 3 rings (SSSR count). The monoisotopic (exact) mass is 367 g/mol. The molecule has 2 amide bonds. The number of carbonyl (C=O) groups is 2. The van der Waals surface area contributed by atoms with Crippen LogP contribution in [0.5, 0.6) is 5.75 Å². The summed E-state index contributed by atoms with van der Waals surface area (Å²) < 4.78 is 5.64. The minimum atomic E-state index is -0.515. The largest absolute Gasteiger partial charge is 0.479 e. The van der Waals surface area contributed by atoms with E-state index in [1.165, 1.54) is 0 Å². The lowest BCUT2D eigenvalue weighted by Gasteiger charge is -2.33. The normalized spacial score (nSPS) is 22.2. The number of benzene rings is 1. The molecule has 1 aromatic carbocycles. The van der Waals surface area contributed by atoms with Crippen LogP contribution >= 0.6 is 12.4 Å². The molecule has 0 radical (unpaired) electrons. The topological polar surface area (TPSA) is 61.9 Å². The average Bonchev–Trinajstić information content (AvgIpc) is 3.04. The first kappa shape index (κ1) is 19.5. The number of hydrogen-bond acceptors (Lipinski definition) is 4. The molecule has 1 fully saturated rings. The summed E-state index contributed by atoms with van der Waals surface area (Å²) in [5.41, 5.74) is 0.751. The van der Waals surface area contributed by atoms with Crippen LogP contribution in [0, 0.1) is 0 Å². The van der Waals surface area contributed by atoms with E-state index in [1.807, 2.05) is 36.2 Å². The van der Waals surface area contributed by atoms with Crippen molar-refractivity contribution in [3.63, 3.8) is 0 Å². The van der Waals surface area contributed by atoms with Crippen molar-refractivity contribution >= 4 is 29.9 Å². The third-order valence-corrected chi connectivity index (χ3v) is 4.76. The van der Waals surface area contributed by atoms with Gasteiger partial charge in [-0.2, -0.15) is 0 Å². The third kappa shape index (κ3) is 4.07. The maximum atomic E-state index is 12.6. The van der Waals surface area contributed by atoms with Crippen LogP contribution in [0.25, 0.3) is 0 Å². The fraction of sp³-hybridized carbons (Fsp3) is 0.556. The summed E-state index contributed by atoms with van der Waals surface area (Å²) in [7, 11) is 1.91. The summed E-state index contributed by atoms with van der Waals surface area (Å²) in [6.45, 7) is 3.78. The summed E-state index contributed by atoms with van der Waals surface area (Å²) in [6, 6.07) is 7.76. The number of fused-ring (bicyclic) bond motifs is 1. The summed E-state index contributed by atoms with van der Waals surface area (Å²) in [5, 5.41) is 3.15. The third-order valence-electron chi connectivity index (χ3n) is 4.76. The van der Waals surface area contributed by atoms with Crippen LogP contribution in [0.15, 0.2) is 24.3 Å². The Kier molecular flexibility index (Phi) is 6.67. The van der Waals surface area contributed by atoms with E-state index in [2.05, 4.69) is 5.32 Å². The van der Waals surface area contributed by atoms with Crippen LogP contribution in [0.4, 0.5) is 5.69 Å². The molecule has 1 N–H and O–H groups in total. The molecule has 2 unspecified atom stereocenters. The lowest BCUT2D eigenvalue weighted by molar-refractivity contribution is -0.131. The summed E-state index contributed by atoms with van der Waals surface area (Å²) in [4.78, 5) is 28.7. The first-order valence-electron chi connectivity index (χ1n) is 8.63. The van der Waals surface area contributed by atoms with Gasteiger partial charge in [0.25, 0.3) is 5.91 Å². The van der Waals surface area contributed by atoms with Gasteiger partial charge >= 0.3 is 0 Å². The lowest BCUT2D eigenvalue weighted by atomic mass is 10.1. The highest BCUT2D eigenvalue weighted by Crippen LogP contribution is 2.33. The SMILES string of the molecule is CNCC1CCCN1C(=O)CCN1C(=O)C(C)Oc2ccccc21.Cl. The highest BCUT2D eigenvalue weighted by Gasteiger charge is 2.33. The minimum Gasteiger partial charge on any atom is -0.479 e. The zero-order chi connectivity index (χ0) is 17.1. The van der Waals surface area contributed by atoms with E-state index in [0.717, 1.165) is 31.6 Å². The summed E-state index contributed by atoms with van der Waals surface area (Å²) in [6.07, 6.45) is 1.92. The number of likely N-dealkylation sites (N-methyl/N-ethyl adjacent to an activating group) is 1. The standard InChI is InChI=1S/C18H25N3O3.ClH/c1-13-18(23)21(15-7-3-4-8-16(15)24-13)11-9-17(22)20-10-5-6-14(20)12-19-2;/h3-4,7-8,13-14,19H,5-6,9-12H2,1-2H3;1H. The maximum Gasteiger partial charge on any atom is 0.267 e. The smallest absolute Gasteiger partial charge is 0.267 e. The van der Waals surface area contributed by atoms with Crippen LogP contribution in [0.1, 0.15) is 26.2 Å². The molecule has 2 aliphatic rings. The number of carbonyl (C=O) groups excluding carboxylic acids is 2. The molecule has 0 bridgehead atoms. The first-order valence-corrected chi connectivity index (χ1v) is 8.63. The van der Waals surface area contributed by atoms with Crippen LogP contribution < -0.4 is 15.0 Å². The number of amides is 2. The number of nitrogens with zero attached hydrogens (tertiary/aromatic N) is 2. The second-order valence-electron chi connectivity index (χ2n) is 6.41. The zero-order valence-corrected chi connectivity index (χ0v) is 15.6. The number of hydrogen-bond donors (Lipinski definition) is 1. The number of para-hydroxylation sites is 2. The maximum absolute atomic E-state index is 12.6. The fourth-order valence-electron chi connectivity index (χ4n) is 3.55. The summed E-state index contributed by atoms with van der Waals surface area (Å²) >= 11 is 0. The Morgan fingerprint density at radius 3 is 2.88 bits per heavy atom. The number of likely N-dealkylation sites (tertiary alicyclic amines) is 1. The molecule has 1 saturated heterocycles. The van der Waals surface area contributed by atoms with Gasteiger partial charge in [-0.25, -0.2) is 0 Å². The van der Waals surface area contributed by atoms with Crippen LogP contribution in [0.2, 0.25) is 0 Å².